The minimum atomic E-state index is -0.588. The van der Waals surface area contributed by atoms with Gasteiger partial charge in [0.1, 0.15) is 0 Å². The molecule has 0 saturated heterocycles. The molecular weight excluding hydrogens is 290 g/mol. The van der Waals surface area contributed by atoms with Crippen LogP contribution < -0.4 is 5.73 Å². The summed E-state index contributed by atoms with van der Waals surface area (Å²) in [5.41, 5.74) is 9.57. The van der Waals surface area contributed by atoms with E-state index in [1.165, 1.54) is 0 Å². The van der Waals surface area contributed by atoms with Crippen molar-refractivity contribution in [3.8, 4) is 29.2 Å². The van der Waals surface area contributed by atoms with E-state index in [0.717, 1.165) is 22.5 Å². The van der Waals surface area contributed by atoms with Gasteiger partial charge in [0.2, 0.25) is 0 Å². The van der Waals surface area contributed by atoms with Crippen molar-refractivity contribution in [3.63, 3.8) is 0 Å². The Labute approximate surface area is 133 Å². The normalized spacial score (nSPS) is 10.5. The summed E-state index contributed by atoms with van der Waals surface area (Å²) in [4.78, 5) is 11.8. The average Bonchev–Trinajstić information content (AvgIpc) is 3.12. The molecule has 6 nitrogen and oxygen atoms in total. The molecule has 0 radical (unpaired) electrons. The largest absolute Gasteiger partial charge is 0.364 e. The van der Waals surface area contributed by atoms with Gasteiger partial charge in [-0.1, -0.05) is 12.0 Å². The topological polar surface area (TPSA) is 78.7 Å². The lowest BCUT2D eigenvalue weighted by Gasteiger charge is -2.01. The van der Waals surface area contributed by atoms with E-state index < -0.39 is 5.91 Å². The van der Waals surface area contributed by atoms with Crippen LogP contribution in [0.3, 0.4) is 0 Å². The van der Waals surface area contributed by atoms with Crippen LogP contribution in [0.1, 0.15) is 21.7 Å². The average molecular weight is 305 g/mol. The Morgan fingerprint density at radius 3 is 2.74 bits per heavy atom. The van der Waals surface area contributed by atoms with Crippen LogP contribution in [0.5, 0.6) is 0 Å². The molecule has 6 heteroatoms. The van der Waals surface area contributed by atoms with E-state index in [9.17, 15) is 4.79 Å². The van der Waals surface area contributed by atoms with Gasteiger partial charge in [0, 0.05) is 35.6 Å². The van der Waals surface area contributed by atoms with Crippen LogP contribution in [-0.2, 0) is 7.05 Å². The first kappa shape index (κ1) is 14.6. The molecule has 2 N–H and O–H groups in total. The number of aromatic nitrogens is 4. The molecule has 1 aromatic carbocycles. The van der Waals surface area contributed by atoms with Crippen molar-refractivity contribution < 1.29 is 4.79 Å². The van der Waals surface area contributed by atoms with Crippen LogP contribution in [0.25, 0.3) is 16.8 Å². The Kier molecular flexibility index (Phi) is 3.47. The van der Waals surface area contributed by atoms with Crippen LogP contribution in [0.4, 0.5) is 0 Å². The lowest BCUT2D eigenvalue weighted by Crippen LogP contribution is -2.13. The minimum Gasteiger partial charge on any atom is -0.364 e. The van der Waals surface area contributed by atoms with Crippen LogP contribution in [0.15, 0.2) is 36.7 Å². The molecule has 3 aromatic rings. The third-order valence-electron chi connectivity index (χ3n) is 3.75. The Hall–Kier alpha value is -3.33. The molecule has 0 bridgehead atoms. The number of hydrogen-bond donors (Lipinski definition) is 1. The summed E-state index contributed by atoms with van der Waals surface area (Å²) in [5, 5.41) is 8.52. The number of nitrogens with zero attached hydrogens (tertiary/aromatic N) is 4. The van der Waals surface area contributed by atoms with E-state index in [1.807, 2.05) is 38.2 Å². The second-order valence-corrected chi connectivity index (χ2v) is 5.16. The maximum Gasteiger partial charge on any atom is 0.269 e. The van der Waals surface area contributed by atoms with Gasteiger partial charge in [-0.05, 0) is 25.1 Å². The van der Waals surface area contributed by atoms with Crippen molar-refractivity contribution >= 4 is 5.91 Å². The fraction of sp³-hybridized carbons (Fsp3) is 0.118. The Morgan fingerprint density at radius 1 is 1.35 bits per heavy atom. The van der Waals surface area contributed by atoms with E-state index in [2.05, 4.69) is 16.1 Å². The molecule has 2 heterocycles. The summed E-state index contributed by atoms with van der Waals surface area (Å²) in [6, 6.07) is 7.34. The predicted octanol–water partition coefficient (Wildman–Crippen LogP) is 1.66. The van der Waals surface area contributed by atoms with Gasteiger partial charge in [0.25, 0.3) is 5.91 Å². The van der Waals surface area contributed by atoms with E-state index in [-0.39, 0.29) is 5.69 Å². The number of benzene rings is 1. The first-order valence-electron chi connectivity index (χ1n) is 6.96. The van der Waals surface area contributed by atoms with Gasteiger partial charge in [-0.15, -0.1) is 6.42 Å². The van der Waals surface area contributed by atoms with Crippen molar-refractivity contribution in [2.75, 3.05) is 0 Å². The highest BCUT2D eigenvalue weighted by molar-refractivity contribution is 5.98. The first-order valence-corrected chi connectivity index (χ1v) is 6.96. The van der Waals surface area contributed by atoms with Crippen molar-refractivity contribution in [1.82, 2.24) is 19.6 Å². The van der Waals surface area contributed by atoms with E-state index in [1.54, 1.807) is 21.8 Å². The van der Waals surface area contributed by atoms with Crippen molar-refractivity contribution in [2.45, 2.75) is 6.92 Å². The number of rotatable bonds is 3. The van der Waals surface area contributed by atoms with E-state index in [4.69, 9.17) is 12.2 Å². The second kappa shape index (κ2) is 5.46. The first-order chi connectivity index (χ1) is 11.0. The molecule has 1 amide bonds. The third kappa shape index (κ3) is 2.49. The smallest absolute Gasteiger partial charge is 0.269 e. The number of carbonyl (C=O) groups is 1. The molecule has 0 spiro atoms. The molecule has 0 aliphatic rings. The number of carbonyl (C=O) groups excluding carboxylic acids is 1. The molecule has 0 fully saturated rings. The summed E-state index contributed by atoms with van der Waals surface area (Å²) in [6.45, 7) is 1.92. The molecular formula is C17H15N5O. The standard InChI is InChI=1S/C17H15N5O/c1-4-12-6-5-7-13(8-12)22-10-15(16(20-22)17(18)23)14-9-19-21(3)11(14)2/h1,5-10H,2-3H3,(H2,18,23). The van der Waals surface area contributed by atoms with Crippen molar-refractivity contribution in [3.05, 3.63) is 53.6 Å². The highest BCUT2D eigenvalue weighted by Crippen LogP contribution is 2.27. The number of terminal acetylenes is 1. The molecule has 114 valence electrons. The molecule has 23 heavy (non-hydrogen) atoms. The molecule has 0 aliphatic heterocycles. The van der Waals surface area contributed by atoms with Gasteiger partial charge >= 0.3 is 0 Å². The zero-order valence-electron chi connectivity index (χ0n) is 12.8. The van der Waals surface area contributed by atoms with Crippen molar-refractivity contribution in [2.24, 2.45) is 12.8 Å². The molecule has 3 rings (SSSR count). The van der Waals surface area contributed by atoms with Gasteiger partial charge in [0.05, 0.1) is 11.9 Å². The number of nitrogens with two attached hydrogens (primary N) is 1. The Balaban J connectivity index is 2.18. The summed E-state index contributed by atoms with van der Waals surface area (Å²) in [5.74, 6) is 1.99. The minimum absolute atomic E-state index is 0.201. The van der Waals surface area contributed by atoms with Crippen LogP contribution in [0.2, 0.25) is 0 Å². The SMILES string of the molecule is C#Cc1cccc(-n2cc(-c3cnn(C)c3C)c(C(N)=O)n2)c1. The highest BCUT2D eigenvalue weighted by atomic mass is 16.1. The lowest BCUT2D eigenvalue weighted by molar-refractivity contribution is 0.0996. The Bertz CT molecular complexity index is 942. The van der Waals surface area contributed by atoms with Crippen LogP contribution >= 0.6 is 0 Å². The predicted molar refractivity (Wildman–Crippen MR) is 87.0 cm³/mol. The summed E-state index contributed by atoms with van der Waals surface area (Å²) >= 11 is 0. The fourth-order valence-corrected chi connectivity index (χ4v) is 2.39. The zero-order valence-corrected chi connectivity index (χ0v) is 12.8. The number of hydrogen-bond acceptors (Lipinski definition) is 3. The van der Waals surface area contributed by atoms with Gasteiger partial charge in [0.15, 0.2) is 5.69 Å². The maximum absolute atomic E-state index is 11.8. The monoisotopic (exact) mass is 305 g/mol. The van der Waals surface area contributed by atoms with E-state index >= 15 is 0 Å². The Morgan fingerprint density at radius 2 is 2.13 bits per heavy atom. The van der Waals surface area contributed by atoms with Crippen LogP contribution in [0, 0.1) is 19.3 Å². The number of amides is 1. The molecule has 0 unspecified atom stereocenters. The van der Waals surface area contributed by atoms with Crippen LogP contribution in [-0.4, -0.2) is 25.5 Å². The quantitative estimate of drug-likeness (QED) is 0.747. The van der Waals surface area contributed by atoms with Gasteiger partial charge in [-0.25, -0.2) is 4.68 Å². The lowest BCUT2D eigenvalue weighted by atomic mass is 10.1. The zero-order chi connectivity index (χ0) is 16.6. The summed E-state index contributed by atoms with van der Waals surface area (Å²) in [6.07, 6.45) is 8.89. The van der Waals surface area contributed by atoms with E-state index in [0.29, 0.717) is 5.56 Å². The maximum atomic E-state index is 11.8. The van der Waals surface area contributed by atoms with Gasteiger partial charge < -0.3 is 5.73 Å². The molecule has 0 atom stereocenters. The number of aryl methyl sites for hydroxylation is 1. The fourth-order valence-electron chi connectivity index (χ4n) is 2.39. The molecule has 0 aliphatic carbocycles. The second-order valence-electron chi connectivity index (χ2n) is 5.16. The molecule has 0 saturated carbocycles. The highest BCUT2D eigenvalue weighted by Gasteiger charge is 2.19. The summed E-state index contributed by atoms with van der Waals surface area (Å²) < 4.78 is 3.33. The number of primary amides is 1. The molecule has 2 aromatic heterocycles. The third-order valence-corrected chi connectivity index (χ3v) is 3.75. The summed E-state index contributed by atoms with van der Waals surface area (Å²) in [7, 11) is 1.84. The van der Waals surface area contributed by atoms with Crippen molar-refractivity contribution in [1.29, 1.82) is 0 Å². The van der Waals surface area contributed by atoms with Gasteiger partial charge in [-0.3, -0.25) is 9.48 Å². The van der Waals surface area contributed by atoms with Gasteiger partial charge in [-0.2, -0.15) is 10.2 Å².